The molecule has 9 nitrogen and oxygen atoms in total. The molecule has 11 heteroatoms. The van der Waals surface area contributed by atoms with Gasteiger partial charge >= 0.3 is 0 Å². The van der Waals surface area contributed by atoms with Crippen molar-refractivity contribution < 1.29 is 14.3 Å². The fourth-order valence-electron chi connectivity index (χ4n) is 5.37. The van der Waals surface area contributed by atoms with E-state index in [4.69, 9.17) is 0 Å². The van der Waals surface area contributed by atoms with Gasteiger partial charge in [-0.3, -0.25) is 14.5 Å². The third kappa shape index (κ3) is 5.40. The molecule has 6 rings (SSSR count). The number of carbonyl (C=O) groups is 1. The zero-order chi connectivity index (χ0) is 27.8. The summed E-state index contributed by atoms with van der Waals surface area (Å²) < 4.78 is 14.7. The van der Waals surface area contributed by atoms with Gasteiger partial charge in [0.2, 0.25) is 0 Å². The Kier molecular flexibility index (Phi) is 7.18. The maximum absolute atomic E-state index is 14.7. The summed E-state index contributed by atoms with van der Waals surface area (Å²) in [6.07, 6.45) is 5.60. The number of H-pyrrole nitrogens is 1. The topological polar surface area (TPSA) is 123 Å². The predicted molar refractivity (Wildman–Crippen MR) is 153 cm³/mol. The van der Waals surface area contributed by atoms with E-state index in [-0.39, 0.29) is 11.4 Å². The molecule has 4 aromatic rings. The number of hydrogen-bond donors (Lipinski definition) is 4. The summed E-state index contributed by atoms with van der Waals surface area (Å²) in [5.74, 6) is -0.487. The van der Waals surface area contributed by atoms with Crippen LogP contribution in [0.3, 0.4) is 0 Å². The van der Waals surface area contributed by atoms with Gasteiger partial charge in [-0.2, -0.15) is 5.10 Å². The average molecular weight is 561 g/mol. The van der Waals surface area contributed by atoms with Crippen molar-refractivity contribution in [1.29, 1.82) is 0 Å². The number of anilines is 3. The number of halogens is 1. The lowest BCUT2D eigenvalue weighted by atomic mass is 9.96. The van der Waals surface area contributed by atoms with Gasteiger partial charge in [0.15, 0.2) is 0 Å². The van der Waals surface area contributed by atoms with Gasteiger partial charge in [0.05, 0.1) is 22.4 Å². The number of aliphatic hydroxyl groups is 1. The molecule has 1 aliphatic carbocycles. The van der Waals surface area contributed by atoms with E-state index in [9.17, 15) is 19.1 Å². The molecule has 0 bridgehead atoms. The summed E-state index contributed by atoms with van der Waals surface area (Å²) in [7, 11) is 2.11. The Morgan fingerprint density at radius 3 is 2.83 bits per heavy atom. The van der Waals surface area contributed by atoms with Crippen LogP contribution >= 0.6 is 11.3 Å². The molecular weight excluding hydrogens is 531 g/mol. The number of aryl methyl sites for hydroxylation is 1. The van der Waals surface area contributed by atoms with Crippen LogP contribution in [0.15, 0.2) is 53.5 Å². The largest absolute Gasteiger partial charge is 0.393 e. The van der Waals surface area contributed by atoms with Crippen molar-refractivity contribution in [2.45, 2.75) is 44.2 Å². The summed E-state index contributed by atoms with van der Waals surface area (Å²) in [5, 5.41) is 22.2. The predicted octanol–water partition coefficient (Wildman–Crippen LogP) is 4.64. The zero-order valence-electron chi connectivity index (χ0n) is 21.9. The Balaban J connectivity index is 1.20. The Morgan fingerprint density at radius 2 is 2.05 bits per heavy atom. The summed E-state index contributed by atoms with van der Waals surface area (Å²) in [4.78, 5) is 33.8. The van der Waals surface area contributed by atoms with E-state index < -0.39 is 23.4 Å². The van der Waals surface area contributed by atoms with Crippen LogP contribution in [0.2, 0.25) is 0 Å². The lowest BCUT2D eigenvalue weighted by Crippen LogP contribution is -2.17. The van der Waals surface area contributed by atoms with E-state index in [0.29, 0.717) is 40.8 Å². The number of likely N-dealkylation sites (tertiary alicyclic amines) is 1. The molecular formula is C29H29FN6O3S. The van der Waals surface area contributed by atoms with Gasteiger partial charge in [-0.1, -0.05) is 6.07 Å². The Labute approximate surface area is 234 Å². The molecule has 40 heavy (non-hydrogen) atoms. The highest BCUT2D eigenvalue weighted by Gasteiger charge is 2.24. The smallest absolute Gasteiger partial charge is 0.287 e. The van der Waals surface area contributed by atoms with Crippen molar-refractivity contribution >= 4 is 34.4 Å². The molecule has 1 aromatic carbocycles. The molecule has 1 amide bonds. The summed E-state index contributed by atoms with van der Waals surface area (Å²) in [6, 6.07) is 11.8. The first-order valence-electron chi connectivity index (χ1n) is 13.3. The number of benzene rings is 1. The van der Waals surface area contributed by atoms with Gasteiger partial charge in [0.1, 0.15) is 17.3 Å². The monoisotopic (exact) mass is 560 g/mol. The second kappa shape index (κ2) is 10.9. The third-order valence-electron chi connectivity index (χ3n) is 7.55. The maximum atomic E-state index is 14.7. The molecule has 0 spiro atoms. The van der Waals surface area contributed by atoms with Crippen LogP contribution in [0.1, 0.15) is 51.0 Å². The summed E-state index contributed by atoms with van der Waals surface area (Å²) >= 11 is 1.37. The number of aromatic amines is 1. The maximum Gasteiger partial charge on any atom is 0.287 e. The van der Waals surface area contributed by atoms with Crippen LogP contribution in [0.4, 0.5) is 21.6 Å². The Hall–Kier alpha value is -3.93. The Morgan fingerprint density at radius 1 is 1.18 bits per heavy atom. The van der Waals surface area contributed by atoms with Gasteiger partial charge in [0.25, 0.3) is 11.5 Å². The number of thiophene rings is 1. The number of hydrogen-bond acceptors (Lipinski definition) is 8. The minimum atomic E-state index is -0.589. The molecule has 0 radical (unpaired) electrons. The first-order valence-corrected chi connectivity index (χ1v) is 14.1. The first kappa shape index (κ1) is 26.3. The molecule has 1 saturated heterocycles. The van der Waals surface area contributed by atoms with Crippen molar-refractivity contribution in [1.82, 2.24) is 20.1 Å². The van der Waals surface area contributed by atoms with Crippen LogP contribution < -0.4 is 16.2 Å². The summed E-state index contributed by atoms with van der Waals surface area (Å²) in [5.41, 5.74) is 2.83. The summed E-state index contributed by atoms with van der Waals surface area (Å²) in [6.45, 7) is 1.07. The second-order valence-corrected chi connectivity index (χ2v) is 11.5. The second-order valence-electron chi connectivity index (χ2n) is 10.3. The minimum absolute atomic E-state index is 0.00514. The quantitative estimate of drug-likeness (QED) is 0.271. The Bertz CT molecular complexity index is 1620. The van der Waals surface area contributed by atoms with E-state index in [1.54, 1.807) is 12.1 Å². The molecule has 0 saturated carbocycles. The van der Waals surface area contributed by atoms with Gasteiger partial charge in [-0.15, -0.1) is 11.3 Å². The van der Waals surface area contributed by atoms with Crippen LogP contribution in [0.25, 0.3) is 11.3 Å². The van der Waals surface area contributed by atoms with E-state index in [2.05, 4.69) is 37.8 Å². The van der Waals surface area contributed by atoms with Gasteiger partial charge in [-0.25, -0.2) is 14.5 Å². The number of rotatable bonds is 6. The molecule has 1 aliphatic heterocycles. The molecule has 206 valence electrons. The number of nitrogens with zero attached hydrogens (tertiary/aromatic N) is 3. The minimum Gasteiger partial charge on any atom is -0.393 e. The number of nitrogens with one attached hydrogen (secondary N) is 3. The highest BCUT2D eigenvalue weighted by molar-refractivity contribution is 7.14. The molecule has 2 aliphatic rings. The van der Waals surface area contributed by atoms with Crippen LogP contribution in [0, 0.1) is 5.82 Å². The van der Waals surface area contributed by atoms with Crippen molar-refractivity contribution in [3.05, 3.63) is 85.7 Å². The van der Waals surface area contributed by atoms with E-state index in [0.717, 1.165) is 41.8 Å². The van der Waals surface area contributed by atoms with E-state index in [1.807, 2.05) is 18.3 Å². The number of carbonyl (C=O) groups excluding carboxylic acids is 1. The molecule has 2 atom stereocenters. The number of amides is 1. The fraction of sp³-hybridized carbons (Fsp3) is 0.310. The molecule has 1 fully saturated rings. The van der Waals surface area contributed by atoms with Gasteiger partial charge in [-0.05, 0) is 93.2 Å². The molecule has 1 unspecified atom stereocenters. The van der Waals surface area contributed by atoms with Crippen molar-refractivity contribution in [3.8, 4) is 11.3 Å². The molecule has 3 aromatic heterocycles. The standard InChI is InChI=1S/C29H29FN6O3S/c1-36-10-2-3-24(36)17-5-9-27(31-15-17)32-23-14-21(34-35-28(23)38)16-4-7-20(30)22(12-16)33-29(39)26-13-18-11-19(37)6-8-25(18)40-26/h4-5,7,9,12-15,19,24,37H,2-3,6,8,10-11H2,1H3,(H,33,39)(H,35,38)(H,31,32,34)/t19?,24-/m0/s1. The normalized spacial score (nSPS) is 18.9. The zero-order valence-corrected chi connectivity index (χ0v) is 22.7. The number of fused-ring (bicyclic) bond motifs is 1. The number of aliphatic hydroxyl groups excluding tert-OH is 1. The van der Waals surface area contributed by atoms with Crippen molar-refractivity contribution in [2.75, 3.05) is 24.2 Å². The third-order valence-corrected chi connectivity index (χ3v) is 8.78. The van der Waals surface area contributed by atoms with Crippen LogP contribution in [0.5, 0.6) is 0 Å². The van der Waals surface area contributed by atoms with Crippen LogP contribution in [-0.2, 0) is 12.8 Å². The number of pyridine rings is 1. The lowest BCUT2D eigenvalue weighted by molar-refractivity contribution is 0.102. The highest BCUT2D eigenvalue weighted by Crippen LogP contribution is 2.32. The van der Waals surface area contributed by atoms with Gasteiger partial charge < -0.3 is 15.7 Å². The SMILES string of the molecule is CN1CCC[C@H]1c1ccc(Nc2cc(-c3ccc(F)c(NC(=O)c4cc5c(s4)CCC(O)C5)c3)n[nH]c2=O)nc1. The number of aromatic nitrogens is 3. The average Bonchev–Trinajstić information content (AvgIpc) is 3.57. The molecule has 4 heterocycles. The lowest BCUT2D eigenvalue weighted by Gasteiger charge is -2.19. The van der Waals surface area contributed by atoms with E-state index >= 15 is 0 Å². The van der Waals surface area contributed by atoms with Crippen molar-refractivity contribution in [3.63, 3.8) is 0 Å². The fourth-order valence-corrected chi connectivity index (χ4v) is 6.48. The van der Waals surface area contributed by atoms with E-state index in [1.165, 1.54) is 29.5 Å². The highest BCUT2D eigenvalue weighted by atomic mass is 32.1. The van der Waals surface area contributed by atoms with Gasteiger partial charge in [0, 0.05) is 22.7 Å². The van der Waals surface area contributed by atoms with Crippen LogP contribution in [-0.4, -0.2) is 50.8 Å². The van der Waals surface area contributed by atoms with Crippen molar-refractivity contribution in [2.24, 2.45) is 0 Å². The first-order chi connectivity index (χ1) is 19.3. The molecule has 4 N–H and O–H groups in total.